The Kier molecular flexibility index (Phi) is 5.20. The smallest absolute Gasteiger partial charge is 0.253 e. The minimum absolute atomic E-state index is 0.154. The maximum atomic E-state index is 12.6. The highest BCUT2D eigenvalue weighted by Crippen LogP contribution is 2.22. The van der Waals surface area contributed by atoms with Gasteiger partial charge in [0.2, 0.25) is 0 Å². The second-order valence-electron chi connectivity index (χ2n) is 5.92. The van der Waals surface area contributed by atoms with Crippen LogP contribution in [0, 0.1) is 0 Å². The van der Waals surface area contributed by atoms with E-state index in [0.717, 1.165) is 6.26 Å². The van der Waals surface area contributed by atoms with Crippen molar-refractivity contribution in [2.24, 2.45) is 0 Å². The molecule has 0 unspecified atom stereocenters. The zero-order valence-corrected chi connectivity index (χ0v) is 16.5. The maximum Gasteiger partial charge on any atom is 0.253 e. The summed E-state index contributed by atoms with van der Waals surface area (Å²) in [6.07, 6.45) is 1.11. The van der Waals surface area contributed by atoms with Crippen LogP contribution in [-0.4, -0.2) is 64.4 Å². The molecule has 7 nitrogen and oxygen atoms in total. The number of rotatable bonds is 4. The molecule has 26 heavy (non-hydrogen) atoms. The predicted molar refractivity (Wildman–Crippen MR) is 98.5 cm³/mol. The largest absolute Gasteiger partial charge is 0.336 e. The summed E-state index contributed by atoms with van der Waals surface area (Å²) >= 11 is 1.17. The highest BCUT2D eigenvalue weighted by Gasteiger charge is 2.31. The predicted octanol–water partition coefficient (Wildman–Crippen LogP) is 1.30. The molecule has 2 heterocycles. The molecule has 1 amide bonds. The van der Waals surface area contributed by atoms with Crippen molar-refractivity contribution in [3.8, 4) is 0 Å². The number of sulfone groups is 1. The van der Waals surface area contributed by atoms with Gasteiger partial charge in [-0.25, -0.2) is 16.8 Å². The van der Waals surface area contributed by atoms with Crippen LogP contribution in [0.1, 0.15) is 10.4 Å². The van der Waals surface area contributed by atoms with Gasteiger partial charge in [-0.3, -0.25) is 4.79 Å². The highest BCUT2D eigenvalue weighted by molar-refractivity contribution is 7.91. The number of benzene rings is 1. The third-order valence-corrected chi connectivity index (χ3v) is 8.54. The summed E-state index contributed by atoms with van der Waals surface area (Å²) in [4.78, 5) is 14.3. The lowest BCUT2D eigenvalue weighted by atomic mass is 10.2. The van der Waals surface area contributed by atoms with Gasteiger partial charge >= 0.3 is 0 Å². The molecule has 0 N–H and O–H groups in total. The van der Waals surface area contributed by atoms with Crippen LogP contribution in [-0.2, 0) is 19.9 Å². The van der Waals surface area contributed by atoms with Crippen molar-refractivity contribution >= 4 is 37.1 Å². The number of nitrogens with zero attached hydrogens (tertiary/aromatic N) is 2. The van der Waals surface area contributed by atoms with Gasteiger partial charge in [0, 0.05) is 38.0 Å². The second-order valence-corrected chi connectivity index (χ2v) is 11.1. The van der Waals surface area contributed by atoms with Crippen molar-refractivity contribution in [2.75, 3.05) is 32.4 Å². The summed E-state index contributed by atoms with van der Waals surface area (Å²) in [7, 11) is -6.82. The number of hydrogen-bond acceptors (Lipinski definition) is 6. The van der Waals surface area contributed by atoms with E-state index in [4.69, 9.17) is 0 Å². The van der Waals surface area contributed by atoms with Gasteiger partial charge in [-0.2, -0.15) is 4.31 Å². The molecule has 1 aromatic heterocycles. The lowest BCUT2D eigenvalue weighted by Crippen LogP contribution is -2.50. The topological polar surface area (TPSA) is 91.8 Å². The summed E-state index contributed by atoms with van der Waals surface area (Å²) in [6.45, 7) is 1.04. The van der Waals surface area contributed by atoms with Gasteiger partial charge in [0.1, 0.15) is 4.21 Å². The number of carbonyl (C=O) groups excluding carboxylic acids is 1. The Bertz CT molecular complexity index is 989. The van der Waals surface area contributed by atoms with Crippen LogP contribution in [0.2, 0.25) is 0 Å². The van der Waals surface area contributed by atoms with E-state index < -0.39 is 19.9 Å². The van der Waals surface area contributed by atoms with Gasteiger partial charge in [0.25, 0.3) is 15.9 Å². The molecule has 0 atom stereocenters. The van der Waals surface area contributed by atoms with E-state index in [1.165, 1.54) is 39.9 Å². The summed E-state index contributed by atoms with van der Waals surface area (Å²) in [5, 5.41) is 1.72. The third kappa shape index (κ3) is 3.83. The van der Waals surface area contributed by atoms with Crippen molar-refractivity contribution in [1.82, 2.24) is 9.21 Å². The van der Waals surface area contributed by atoms with Crippen molar-refractivity contribution < 1.29 is 21.6 Å². The van der Waals surface area contributed by atoms with Crippen molar-refractivity contribution in [3.05, 3.63) is 47.3 Å². The average molecular weight is 415 g/mol. The Morgan fingerprint density at radius 3 is 2.08 bits per heavy atom. The molecule has 1 aromatic carbocycles. The molecule has 0 bridgehead atoms. The minimum atomic E-state index is -3.51. The van der Waals surface area contributed by atoms with Gasteiger partial charge in [-0.1, -0.05) is 6.07 Å². The molecule has 2 aromatic rings. The molecule has 0 spiro atoms. The van der Waals surface area contributed by atoms with Crippen molar-refractivity contribution in [3.63, 3.8) is 0 Å². The van der Waals surface area contributed by atoms with Gasteiger partial charge in [-0.05, 0) is 35.7 Å². The van der Waals surface area contributed by atoms with Crippen LogP contribution in [0.15, 0.2) is 50.9 Å². The van der Waals surface area contributed by atoms with E-state index >= 15 is 0 Å². The van der Waals surface area contributed by atoms with E-state index in [0.29, 0.717) is 9.77 Å². The van der Waals surface area contributed by atoms with E-state index in [1.54, 1.807) is 22.4 Å². The standard InChI is InChI=1S/C16H18N2O5S3/c1-25(20,21)14-6-4-13(5-7-14)16(19)17-8-10-18(11-9-17)26(22,23)15-3-2-12-24-15/h2-7,12H,8-11H2,1H3. The lowest BCUT2D eigenvalue weighted by molar-refractivity contribution is 0.0698. The van der Waals surface area contributed by atoms with Gasteiger partial charge in [0.05, 0.1) is 4.90 Å². The fourth-order valence-electron chi connectivity index (χ4n) is 2.70. The Morgan fingerprint density at radius 1 is 0.962 bits per heavy atom. The van der Waals surface area contributed by atoms with E-state index in [2.05, 4.69) is 0 Å². The second kappa shape index (κ2) is 7.10. The first-order chi connectivity index (χ1) is 12.2. The first-order valence-corrected chi connectivity index (χ1v) is 12.0. The number of carbonyl (C=O) groups is 1. The van der Waals surface area contributed by atoms with Crippen LogP contribution in [0.4, 0.5) is 0 Å². The molecule has 10 heteroatoms. The van der Waals surface area contributed by atoms with Gasteiger partial charge < -0.3 is 4.90 Å². The normalized spacial score (nSPS) is 16.6. The molecule has 1 fully saturated rings. The van der Waals surface area contributed by atoms with E-state index in [-0.39, 0.29) is 37.0 Å². The summed E-state index contributed by atoms with van der Waals surface area (Å²) in [5.74, 6) is -0.238. The molecule has 140 valence electrons. The highest BCUT2D eigenvalue weighted by atomic mass is 32.2. The van der Waals surface area contributed by atoms with E-state index in [1.807, 2.05) is 0 Å². The zero-order valence-electron chi connectivity index (χ0n) is 14.0. The van der Waals surface area contributed by atoms with Crippen LogP contribution in [0.3, 0.4) is 0 Å². The molecular formula is C16H18N2O5S3. The third-order valence-electron chi connectivity index (χ3n) is 4.14. The minimum Gasteiger partial charge on any atom is -0.336 e. The van der Waals surface area contributed by atoms with Gasteiger partial charge in [-0.15, -0.1) is 11.3 Å². The Balaban J connectivity index is 1.67. The molecule has 1 aliphatic heterocycles. The quantitative estimate of drug-likeness (QED) is 0.752. The maximum absolute atomic E-state index is 12.6. The Morgan fingerprint density at radius 2 is 1.58 bits per heavy atom. The number of amides is 1. The first-order valence-electron chi connectivity index (χ1n) is 7.82. The molecular weight excluding hydrogens is 396 g/mol. The molecule has 1 aliphatic rings. The van der Waals surface area contributed by atoms with Crippen molar-refractivity contribution in [2.45, 2.75) is 9.10 Å². The number of piperazine rings is 1. The van der Waals surface area contributed by atoms with Crippen LogP contribution < -0.4 is 0 Å². The number of sulfonamides is 1. The Hall–Kier alpha value is -1.75. The molecule has 1 saturated heterocycles. The molecule has 3 rings (SSSR count). The molecule has 0 saturated carbocycles. The van der Waals surface area contributed by atoms with Crippen LogP contribution in [0.25, 0.3) is 0 Å². The fourth-order valence-corrected chi connectivity index (χ4v) is 5.89. The van der Waals surface area contributed by atoms with E-state index in [9.17, 15) is 21.6 Å². The SMILES string of the molecule is CS(=O)(=O)c1ccc(C(=O)N2CCN(S(=O)(=O)c3cccs3)CC2)cc1. The van der Waals surface area contributed by atoms with Gasteiger partial charge in [0.15, 0.2) is 9.84 Å². The number of thiophene rings is 1. The lowest BCUT2D eigenvalue weighted by Gasteiger charge is -2.33. The summed E-state index contributed by atoms with van der Waals surface area (Å²) in [5.41, 5.74) is 0.381. The van der Waals surface area contributed by atoms with Crippen molar-refractivity contribution in [1.29, 1.82) is 0 Å². The summed E-state index contributed by atoms with van der Waals surface area (Å²) < 4.78 is 49.7. The zero-order chi connectivity index (χ0) is 18.9. The summed E-state index contributed by atoms with van der Waals surface area (Å²) in [6, 6.07) is 9.03. The monoisotopic (exact) mass is 414 g/mol. The average Bonchev–Trinajstić information content (AvgIpc) is 3.16. The first kappa shape index (κ1) is 19.0. The van der Waals surface area contributed by atoms with Crippen LogP contribution >= 0.6 is 11.3 Å². The molecule has 0 aliphatic carbocycles. The van der Waals surface area contributed by atoms with Crippen LogP contribution in [0.5, 0.6) is 0 Å². The Labute approximate surface area is 156 Å². The fraction of sp³-hybridized carbons (Fsp3) is 0.312. The molecule has 0 radical (unpaired) electrons. The number of hydrogen-bond donors (Lipinski definition) is 0.